The smallest absolute Gasteiger partial charge is 0.407 e. The van der Waals surface area contributed by atoms with Crippen molar-refractivity contribution < 1.29 is 19.1 Å². The van der Waals surface area contributed by atoms with E-state index >= 15 is 0 Å². The lowest BCUT2D eigenvalue weighted by molar-refractivity contribution is -0.140. The van der Waals surface area contributed by atoms with Crippen molar-refractivity contribution in [3.8, 4) is 0 Å². The minimum Gasteiger partial charge on any atom is -0.469 e. The third-order valence-corrected chi connectivity index (χ3v) is 3.40. The standard InChI is InChI=1S/C16H20ClNO4/c1-11(5-4-6-14(19)21-2)15(18-16(20)22-3)12-7-9-13(17)10-8-12/h5,7-10,15H,4,6H2,1-3H3,(H,18,20)/b11-5+. The molecule has 0 saturated carbocycles. The predicted octanol–water partition coefficient (Wildman–Crippen LogP) is 3.64. The van der Waals surface area contributed by atoms with E-state index < -0.39 is 6.09 Å². The summed E-state index contributed by atoms with van der Waals surface area (Å²) >= 11 is 5.89. The molecule has 0 bridgehead atoms. The Balaban J connectivity index is 2.89. The van der Waals surface area contributed by atoms with Gasteiger partial charge in [-0.15, -0.1) is 0 Å². The van der Waals surface area contributed by atoms with Crippen LogP contribution in [0.1, 0.15) is 31.4 Å². The second-order valence-electron chi connectivity index (χ2n) is 4.68. The number of ether oxygens (including phenoxy) is 2. The number of hydrogen-bond acceptors (Lipinski definition) is 4. The van der Waals surface area contributed by atoms with Crippen LogP contribution in [-0.2, 0) is 14.3 Å². The number of allylic oxidation sites excluding steroid dienone is 1. The molecule has 1 unspecified atom stereocenters. The van der Waals surface area contributed by atoms with E-state index in [1.165, 1.54) is 14.2 Å². The molecular formula is C16H20ClNO4. The maximum Gasteiger partial charge on any atom is 0.407 e. The Morgan fingerprint density at radius 2 is 1.86 bits per heavy atom. The number of halogens is 1. The van der Waals surface area contributed by atoms with Crippen molar-refractivity contribution in [2.24, 2.45) is 0 Å². The van der Waals surface area contributed by atoms with E-state index in [4.69, 9.17) is 11.6 Å². The molecule has 0 radical (unpaired) electrons. The van der Waals surface area contributed by atoms with Crippen LogP contribution in [0.25, 0.3) is 0 Å². The Labute approximate surface area is 135 Å². The molecule has 1 aromatic rings. The highest BCUT2D eigenvalue weighted by Crippen LogP contribution is 2.24. The molecule has 1 aromatic carbocycles. The van der Waals surface area contributed by atoms with Crippen molar-refractivity contribution in [1.82, 2.24) is 5.32 Å². The third-order valence-electron chi connectivity index (χ3n) is 3.15. The number of methoxy groups -OCH3 is 2. The lowest BCUT2D eigenvalue weighted by atomic mass is 9.99. The van der Waals surface area contributed by atoms with E-state index in [0.717, 1.165) is 11.1 Å². The van der Waals surface area contributed by atoms with Crippen LogP contribution in [0.15, 0.2) is 35.9 Å². The molecule has 6 heteroatoms. The number of amides is 1. The highest BCUT2D eigenvalue weighted by molar-refractivity contribution is 6.30. The molecule has 0 aromatic heterocycles. The number of hydrogen-bond donors (Lipinski definition) is 1. The lowest BCUT2D eigenvalue weighted by Gasteiger charge is -2.19. The van der Waals surface area contributed by atoms with Crippen LogP contribution in [0.3, 0.4) is 0 Å². The number of rotatable bonds is 6. The molecule has 0 heterocycles. The van der Waals surface area contributed by atoms with Crippen molar-refractivity contribution in [3.05, 3.63) is 46.5 Å². The summed E-state index contributed by atoms with van der Waals surface area (Å²) in [4.78, 5) is 22.7. The van der Waals surface area contributed by atoms with Crippen LogP contribution in [0.2, 0.25) is 5.02 Å². The molecule has 5 nitrogen and oxygen atoms in total. The molecule has 0 saturated heterocycles. The zero-order valence-electron chi connectivity index (χ0n) is 12.9. The summed E-state index contributed by atoms with van der Waals surface area (Å²) in [6.07, 6.45) is 2.19. The fourth-order valence-electron chi connectivity index (χ4n) is 1.93. The largest absolute Gasteiger partial charge is 0.469 e. The molecule has 1 rings (SSSR count). The predicted molar refractivity (Wildman–Crippen MR) is 84.7 cm³/mol. The van der Waals surface area contributed by atoms with Gasteiger partial charge < -0.3 is 14.8 Å². The van der Waals surface area contributed by atoms with Crippen molar-refractivity contribution in [3.63, 3.8) is 0 Å². The maximum atomic E-state index is 11.5. The average molecular weight is 326 g/mol. The molecule has 1 amide bonds. The van der Waals surface area contributed by atoms with Gasteiger partial charge in [0.15, 0.2) is 0 Å². The van der Waals surface area contributed by atoms with Gasteiger partial charge in [-0.1, -0.05) is 35.4 Å². The first-order valence-corrected chi connectivity index (χ1v) is 7.19. The highest BCUT2D eigenvalue weighted by atomic mass is 35.5. The zero-order chi connectivity index (χ0) is 16.5. The first kappa shape index (κ1) is 18.0. The second-order valence-corrected chi connectivity index (χ2v) is 5.12. The first-order chi connectivity index (χ1) is 10.5. The van der Waals surface area contributed by atoms with Crippen LogP contribution in [0.4, 0.5) is 4.79 Å². The second kappa shape index (κ2) is 9.10. The van der Waals surface area contributed by atoms with E-state index in [-0.39, 0.29) is 12.0 Å². The molecule has 0 fully saturated rings. The van der Waals surface area contributed by atoms with Gasteiger partial charge in [0.2, 0.25) is 0 Å². The molecule has 0 aliphatic carbocycles. The molecular weight excluding hydrogens is 306 g/mol. The van der Waals surface area contributed by atoms with E-state index in [0.29, 0.717) is 17.9 Å². The summed E-state index contributed by atoms with van der Waals surface area (Å²) < 4.78 is 9.26. The summed E-state index contributed by atoms with van der Waals surface area (Å²) in [5.74, 6) is -0.270. The normalized spacial score (nSPS) is 12.5. The summed E-state index contributed by atoms with van der Waals surface area (Å²) in [5, 5.41) is 3.38. The topological polar surface area (TPSA) is 64.6 Å². The molecule has 0 aliphatic rings. The highest BCUT2D eigenvalue weighted by Gasteiger charge is 2.16. The molecule has 0 spiro atoms. The average Bonchev–Trinajstić information content (AvgIpc) is 2.52. The van der Waals surface area contributed by atoms with Gasteiger partial charge in [-0.2, -0.15) is 0 Å². The van der Waals surface area contributed by atoms with E-state index in [2.05, 4.69) is 14.8 Å². The van der Waals surface area contributed by atoms with Gasteiger partial charge in [-0.25, -0.2) is 4.79 Å². The lowest BCUT2D eigenvalue weighted by Crippen LogP contribution is -2.29. The summed E-state index contributed by atoms with van der Waals surface area (Å²) in [6.45, 7) is 1.88. The Kier molecular flexibility index (Phi) is 7.46. The Morgan fingerprint density at radius 1 is 1.23 bits per heavy atom. The van der Waals surface area contributed by atoms with E-state index in [1.807, 2.05) is 25.1 Å². The number of esters is 1. The van der Waals surface area contributed by atoms with Crippen LogP contribution in [-0.4, -0.2) is 26.3 Å². The SMILES string of the molecule is COC(=O)CC/C=C(\C)C(NC(=O)OC)c1ccc(Cl)cc1. The van der Waals surface area contributed by atoms with Gasteiger partial charge in [0.1, 0.15) is 0 Å². The molecule has 1 atom stereocenters. The minimum absolute atomic E-state index is 0.270. The van der Waals surface area contributed by atoms with Crippen molar-refractivity contribution in [2.45, 2.75) is 25.8 Å². The first-order valence-electron chi connectivity index (χ1n) is 6.81. The monoisotopic (exact) mass is 325 g/mol. The number of benzene rings is 1. The quantitative estimate of drug-likeness (QED) is 0.640. The van der Waals surface area contributed by atoms with E-state index in [1.54, 1.807) is 12.1 Å². The summed E-state index contributed by atoms with van der Waals surface area (Å²) in [5.41, 5.74) is 1.78. The number of alkyl carbamates (subject to hydrolysis) is 1. The molecule has 1 N–H and O–H groups in total. The zero-order valence-corrected chi connectivity index (χ0v) is 13.6. The van der Waals surface area contributed by atoms with Crippen molar-refractivity contribution in [2.75, 3.05) is 14.2 Å². The van der Waals surface area contributed by atoms with Crippen LogP contribution < -0.4 is 5.32 Å². The molecule has 120 valence electrons. The van der Waals surface area contributed by atoms with Crippen molar-refractivity contribution >= 4 is 23.7 Å². The van der Waals surface area contributed by atoms with Gasteiger partial charge in [-0.3, -0.25) is 4.79 Å². The summed E-state index contributed by atoms with van der Waals surface area (Å²) in [7, 11) is 2.67. The van der Waals surface area contributed by atoms with Crippen LogP contribution in [0, 0.1) is 0 Å². The maximum absolute atomic E-state index is 11.5. The Bertz CT molecular complexity index is 540. The molecule has 22 heavy (non-hydrogen) atoms. The fraction of sp³-hybridized carbons (Fsp3) is 0.375. The summed E-state index contributed by atoms with van der Waals surface area (Å²) in [6, 6.07) is 6.83. The van der Waals surface area contributed by atoms with Gasteiger partial charge in [-0.05, 0) is 31.0 Å². The number of nitrogens with one attached hydrogen (secondary N) is 1. The molecule has 0 aliphatic heterocycles. The number of carbonyl (C=O) groups is 2. The van der Waals surface area contributed by atoms with Gasteiger partial charge >= 0.3 is 12.1 Å². The Hall–Kier alpha value is -2.01. The number of carbonyl (C=O) groups excluding carboxylic acids is 2. The van der Waals surface area contributed by atoms with Crippen LogP contribution in [0.5, 0.6) is 0 Å². The Morgan fingerprint density at radius 3 is 2.41 bits per heavy atom. The van der Waals surface area contributed by atoms with Crippen LogP contribution >= 0.6 is 11.6 Å². The fourth-order valence-corrected chi connectivity index (χ4v) is 2.06. The van der Waals surface area contributed by atoms with E-state index in [9.17, 15) is 9.59 Å². The minimum atomic E-state index is -0.527. The van der Waals surface area contributed by atoms with Gasteiger partial charge in [0.25, 0.3) is 0 Å². The van der Waals surface area contributed by atoms with Gasteiger partial charge in [0, 0.05) is 11.4 Å². The van der Waals surface area contributed by atoms with Gasteiger partial charge in [0.05, 0.1) is 20.3 Å². The third kappa shape index (κ3) is 5.77. The van der Waals surface area contributed by atoms with Crippen molar-refractivity contribution in [1.29, 1.82) is 0 Å².